The molecule has 1 saturated heterocycles. The SMILES string of the molecule is Clc1ccc(CN2CCC(NCCC3CNc4cc(Cl)ccc4O3)CC2)cc1. The molecule has 4 nitrogen and oxygen atoms in total. The van der Waals surface area contributed by atoms with Crippen LogP contribution in [-0.4, -0.2) is 43.2 Å². The van der Waals surface area contributed by atoms with Crippen molar-refractivity contribution in [2.75, 3.05) is 31.5 Å². The van der Waals surface area contributed by atoms with Gasteiger partial charge in [-0.25, -0.2) is 0 Å². The van der Waals surface area contributed by atoms with Gasteiger partial charge in [-0.2, -0.15) is 0 Å². The molecule has 0 spiro atoms. The molecule has 0 aromatic heterocycles. The highest BCUT2D eigenvalue weighted by atomic mass is 35.5. The van der Waals surface area contributed by atoms with E-state index in [9.17, 15) is 0 Å². The second-order valence-electron chi connectivity index (χ2n) is 7.68. The number of hydrogen-bond donors (Lipinski definition) is 2. The minimum Gasteiger partial charge on any atom is -0.486 e. The number of hydrogen-bond acceptors (Lipinski definition) is 4. The van der Waals surface area contributed by atoms with Crippen molar-refractivity contribution >= 4 is 28.9 Å². The first kappa shape index (κ1) is 19.8. The van der Waals surface area contributed by atoms with Crippen molar-refractivity contribution in [1.29, 1.82) is 0 Å². The number of halogens is 2. The van der Waals surface area contributed by atoms with Crippen LogP contribution in [0.4, 0.5) is 5.69 Å². The minimum absolute atomic E-state index is 0.200. The fourth-order valence-electron chi connectivity index (χ4n) is 3.94. The van der Waals surface area contributed by atoms with Gasteiger partial charge in [-0.1, -0.05) is 35.3 Å². The Bertz CT molecular complexity index is 776. The summed E-state index contributed by atoms with van der Waals surface area (Å²) in [5, 5.41) is 8.68. The van der Waals surface area contributed by atoms with Crippen LogP contribution in [0.15, 0.2) is 42.5 Å². The summed E-state index contributed by atoms with van der Waals surface area (Å²) in [6, 6.07) is 14.5. The maximum atomic E-state index is 6.09. The smallest absolute Gasteiger partial charge is 0.143 e. The number of anilines is 1. The number of benzene rings is 2. The highest BCUT2D eigenvalue weighted by Gasteiger charge is 2.21. The first-order chi connectivity index (χ1) is 13.7. The summed E-state index contributed by atoms with van der Waals surface area (Å²) in [5.74, 6) is 0.899. The van der Waals surface area contributed by atoms with E-state index in [2.05, 4.69) is 27.7 Å². The molecule has 1 atom stereocenters. The molecule has 0 radical (unpaired) electrons. The fourth-order valence-corrected chi connectivity index (χ4v) is 4.24. The van der Waals surface area contributed by atoms with Gasteiger partial charge in [0.1, 0.15) is 11.9 Å². The van der Waals surface area contributed by atoms with Gasteiger partial charge in [0.15, 0.2) is 0 Å². The van der Waals surface area contributed by atoms with E-state index in [4.69, 9.17) is 27.9 Å². The second-order valence-corrected chi connectivity index (χ2v) is 8.55. The average Bonchev–Trinajstić information content (AvgIpc) is 2.71. The third-order valence-corrected chi connectivity index (χ3v) is 6.05. The van der Waals surface area contributed by atoms with E-state index < -0.39 is 0 Å². The molecule has 1 fully saturated rings. The molecule has 6 heteroatoms. The van der Waals surface area contributed by atoms with Crippen LogP contribution >= 0.6 is 23.2 Å². The Morgan fingerprint density at radius 1 is 1.04 bits per heavy atom. The van der Waals surface area contributed by atoms with Crippen LogP contribution in [0.3, 0.4) is 0 Å². The van der Waals surface area contributed by atoms with Crippen molar-refractivity contribution in [3.8, 4) is 5.75 Å². The zero-order valence-electron chi connectivity index (χ0n) is 16.0. The molecule has 0 saturated carbocycles. The molecular weight excluding hydrogens is 393 g/mol. The number of nitrogens with one attached hydrogen (secondary N) is 2. The Kier molecular flexibility index (Phi) is 6.63. The summed E-state index contributed by atoms with van der Waals surface area (Å²) in [5.41, 5.74) is 2.32. The molecular formula is C22H27Cl2N3O. The van der Waals surface area contributed by atoms with Crippen LogP contribution in [0.25, 0.3) is 0 Å². The molecule has 2 aliphatic heterocycles. The standard InChI is InChI=1S/C22H27Cl2N3O/c23-17-3-1-16(2-4-17)15-27-11-8-19(9-12-27)25-10-7-20-14-26-21-13-18(24)5-6-22(21)28-20/h1-6,13,19-20,25-26H,7-12,14-15H2. The number of likely N-dealkylation sites (tertiary alicyclic amines) is 1. The van der Waals surface area contributed by atoms with Gasteiger partial charge in [-0.05, 0) is 74.8 Å². The molecule has 2 aromatic rings. The molecule has 2 heterocycles. The van der Waals surface area contributed by atoms with Crippen LogP contribution in [0.1, 0.15) is 24.8 Å². The van der Waals surface area contributed by atoms with Gasteiger partial charge in [-0.3, -0.25) is 4.90 Å². The maximum Gasteiger partial charge on any atom is 0.143 e. The molecule has 150 valence electrons. The summed E-state index contributed by atoms with van der Waals surface area (Å²) >= 11 is 12.0. The van der Waals surface area contributed by atoms with Gasteiger partial charge >= 0.3 is 0 Å². The highest BCUT2D eigenvalue weighted by Crippen LogP contribution is 2.32. The summed E-state index contributed by atoms with van der Waals surface area (Å²) in [6.45, 7) is 5.09. The van der Waals surface area contributed by atoms with Gasteiger partial charge in [-0.15, -0.1) is 0 Å². The summed E-state index contributed by atoms with van der Waals surface area (Å²) in [6.07, 6.45) is 3.59. The molecule has 0 aliphatic carbocycles. The van der Waals surface area contributed by atoms with Crippen molar-refractivity contribution in [1.82, 2.24) is 10.2 Å². The van der Waals surface area contributed by atoms with Crippen LogP contribution in [0, 0.1) is 0 Å². The van der Waals surface area contributed by atoms with E-state index >= 15 is 0 Å². The third-order valence-electron chi connectivity index (χ3n) is 5.56. The van der Waals surface area contributed by atoms with E-state index in [1.165, 1.54) is 18.4 Å². The Labute approximate surface area is 177 Å². The summed E-state index contributed by atoms with van der Waals surface area (Å²) in [4.78, 5) is 2.53. The van der Waals surface area contributed by atoms with Crippen LogP contribution in [0.5, 0.6) is 5.75 Å². The maximum absolute atomic E-state index is 6.09. The lowest BCUT2D eigenvalue weighted by Crippen LogP contribution is -2.43. The number of fused-ring (bicyclic) bond motifs is 1. The molecule has 2 aliphatic rings. The Hall–Kier alpha value is -1.46. The average molecular weight is 420 g/mol. The number of rotatable bonds is 6. The third kappa shape index (κ3) is 5.32. The predicted molar refractivity (Wildman–Crippen MR) is 117 cm³/mol. The van der Waals surface area contributed by atoms with Gasteiger partial charge in [0.2, 0.25) is 0 Å². The van der Waals surface area contributed by atoms with E-state index in [1.807, 2.05) is 30.3 Å². The van der Waals surface area contributed by atoms with Crippen LogP contribution in [0.2, 0.25) is 10.0 Å². The van der Waals surface area contributed by atoms with Gasteiger partial charge in [0, 0.05) is 22.6 Å². The molecule has 2 N–H and O–H groups in total. The van der Waals surface area contributed by atoms with Crippen molar-refractivity contribution < 1.29 is 4.74 Å². The zero-order valence-corrected chi connectivity index (χ0v) is 17.5. The molecule has 1 unspecified atom stereocenters. The monoisotopic (exact) mass is 419 g/mol. The Balaban J connectivity index is 1.15. The molecule has 2 aromatic carbocycles. The first-order valence-corrected chi connectivity index (χ1v) is 10.8. The zero-order chi connectivity index (χ0) is 19.3. The molecule has 0 amide bonds. The number of piperidine rings is 1. The quantitative estimate of drug-likeness (QED) is 0.703. The van der Waals surface area contributed by atoms with E-state index in [0.29, 0.717) is 6.04 Å². The molecule has 0 bridgehead atoms. The largest absolute Gasteiger partial charge is 0.486 e. The predicted octanol–water partition coefficient (Wildman–Crippen LogP) is 4.81. The van der Waals surface area contributed by atoms with Crippen LogP contribution < -0.4 is 15.4 Å². The number of ether oxygens (including phenoxy) is 1. The first-order valence-electron chi connectivity index (χ1n) is 10.1. The lowest BCUT2D eigenvalue weighted by atomic mass is 10.0. The van der Waals surface area contributed by atoms with Gasteiger partial charge in [0.25, 0.3) is 0 Å². The molecule has 28 heavy (non-hydrogen) atoms. The summed E-state index contributed by atoms with van der Waals surface area (Å²) < 4.78 is 6.09. The fraction of sp³-hybridized carbons (Fsp3) is 0.455. The Morgan fingerprint density at radius 3 is 2.57 bits per heavy atom. The van der Waals surface area contributed by atoms with Gasteiger partial charge < -0.3 is 15.4 Å². The topological polar surface area (TPSA) is 36.5 Å². The highest BCUT2D eigenvalue weighted by molar-refractivity contribution is 6.31. The lowest BCUT2D eigenvalue weighted by molar-refractivity contribution is 0.174. The second kappa shape index (κ2) is 9.36. The normalized spacial score (nSPS) is 20.3. The van der Waals surface area contributed by atoms with E-state index in [1.54, 1.807) is 0 Å². The molecule has 4 rings (SSSR count). The van der Waals surface area contributed by atoms with Crippen LogP contribution in [-0.2, 0) is 6.54 Å². The lowest BCUT2D eigenvalue weighted by Gasteiger charge is -2.33. The van der Waals surface area contributed by atoms with Crippen molar-refractivity contribution in [3.63, 3.8) is 0 Å². The van der Waals surface area contributed by atoms with Gasteiger partial charge in [0.05, 0.1) is 12.2 Å². The van der Waals surface area contributed by atoms with Crippen molar-refractivity contribution in [2.24, 2.45) is 0 Å². The van der Waals surface area contributed by atoms with E-state index in [0.717, 1.165) is 60.6 Å². The Morgan fingerprint density at radius 2 is 1.79 bits per heavy atom. The number of nitrogens with zero attached hydrogens (tertiary/aromatic N) is 1. The van der Waals surface area contributed by atoms with E-state index in [-0.39, 0.29) is 6.10 Å². The summed E-state index contributed by atoms with van der Waals surface area (Å²) in [7, 11) is 0. The van der Waals surface area contributed by atoms with Crippen molar-refractivity contribution in [2.45, 2.75) is 38.0 Å². The van der Waals surface area contributed by atoms with Crippen molar-refractivity contribution in [3.05, 3.63) is 58.1 Å². The minimum atomic E-state index is 0.200.